The monoisotopic (exact) mass is 408 g/mol. The van der Waals surface area contributed by atoms with Gasteiger partial charge in [-0.2, -0.15) is 5.26 Å². The standard InChI is InChI=1S/C20H26F2N4O3/c1-18(21,22)8-14(16(27)10-19(11-23)4-5-19)24-17(28)15-9-20(29-25-15)6-7-26(12-20)13-2-3-13/h13-14H,2-10,12H2,1H3,(H,24,28)/t14-,20?/m0/s1. The van der Waals surface area contributed by atoms with Gasteiger partial charge >= 0.3 is 0 Å². The van der Waals surface area contributed by atoms with Gasteiger partial charge in [0.05, 0.1) is 17.5 Å². The Hall–Kier alpha value is -2.08. The molecule has 1 saturated heterocycles. The molecule has 2 heterocycles. The number of ketones is 1. The average Bonchev–Trinajstić information content (AvgIpc) is 3.57. The van der Waals surface area contributed by atoms with Gasteiger partial charge in [0, 0.05) is 44.8 Å². The number of Topliss-reactive ketones (excluding diaryl/α,β-unsaturated/α-hetero) is 1. The van der Waals surface area contributed by atoms with Gasteiger partial charge < -0.3 is 10.2 Å². The number of nitriles is 1. The third-order valence-electron chi connectivity index (χ3n) is 6.37. The molecular formula is C20H26F2N4O3. The lowest BCUT2D eigenvalue weighted by molar-refractivity contribution is -0.128. The Bertz CT molecular complexity index is 780. The number of carbonyl (C=O) groups excluding carboxylic acids is 2. The number of amides is 1. The molecule has 9 heteroatoms. The van der Waals surface area contributed by atoms with Crippen molar-refractivity contribution in [2.45, 2.75) is 81.9 Å². The van der Waals surface area contributed by atoms with E-state index in [9.17, 15) is 23.6 Å². The highest BCUT2D eigenvalue weighted by atomic mass is 19.3. The SMILES string of the molecule is CC(F)(F)C[C@H](NC(=O)C1=NOC2(CCN(C3CC3)C2)C1)C(=O)CC1(C#N)CC1. The van der Waals surface area contributed by atoms with Gasteiger partial charge in [0.2, 0.25) is 5.92 Å². The first-order chi connectivity index (χ1) is 13.6. The third-order valence-corrected chi connectivity index (χ3v) is 6.37. The van der Waals surface area contributed by atoms with Gasteiger partial charge in [-0.25, -0.2) is 8.78 Å². The van der Waals surface area contributed by atoms with E-state index in [1.807, 2.05) is 0 Å². The van der Waals surface area contributed by atoms with E-state index in [4.69, 9.17) is 4.84 Å². The Balaban J connectivity index is 1.37. The fourth-order valence-electron chi connectivity index (χ4n) is 4.27. The van der Waals surface area contributed by atoms with Crippen LogP contribution in [0.5, 0.6) is 0 Å². The first-order valence-electron chi connectivity index (χ1n) is 10.2. The molecule has 0 bridgehead atoms. The molecule has 1 amide bonds. The van der Waals surface area contributed by atoms with Crippen LogP contribution in [0, 0.1) is 16.7 Å². The van der Waals surface area contributed by atoms with Crippen LogP contribution in [-0.2, 0) is 14.4 Å². The summed E-state index contributed by atoms with van der Waals surface area (Å²) in [7, 11) is 0. The Kier molecular flexibility index (Phi) is 4.88. The van der Waals surface area contributed by atoms with Gasteiger partial charge in [-0.05, 0) is 32.6 Å². The van der Waals surface area contributed by atoms with Crippen molar-refractivity contribution >= 4 is 17.4 Å². The molecule has 3 fully saturated rings. The Morgan fingerprint density at radius 2 is 2.14 bits per heavy atom. The van der Waals surface area contributed by atoms with E-state index < -0.39 is 41.1 Å². The lowest BCUT2D eigenvalue weighted by Gasteiger charge is -2.23. The molecule has 4 rings (SSSR count). The molecule has 0 aromatic rings. The second kappa shape index (κ2) is 7.01. The minimum atomic E-state index is -3.12. The molecule has 2 aliphatic heterocycles. The number of halogens is 2. The summed E-state index contributed by atoms with van der Waals surface area (Å²) in [6.45, 7) is 2.32. The Morgan fingerprint density at radius 1 is 1.41 bits per heavy atom. The smallest absolute Gasteiger partial charge is 0.269 e. The highest BCUT2D eigenvalue weighted by Crippen LogP contribution is 2.48. The molecule has 158 valence electrons. The predicted octanol–water partition coefficient (Wildman–Crippen LogP) is 2.16. The lowest BCUT2D eigenvalue weighted by Crippen LogP contribution is -2.47. The molecule has 0 aromatic carbocycles. The number of carbonyl (C=O) groups is 2. The van der Waals surface area contributed by atoms with Crippen molar-refractivity contribution in [3.05, 3.63) is 0 Å². The van der Waals surface area contributed by atoms with Crippen molar-refractivity contribution in [3.63, 3.8) is 0 Å². The normalized spacial score (nSPS) is 29.1. The second-order valence-electron chi connectivity index (χ2n) is 9.28. The topological polar surface area (TPSA) is 94.8 Å². The van der Waals surface area contributed by atoms with Crippen LogP contribution < -0.4 is 5.32 Å². The number of nitrogens with one attached hydrogen (secondary N) is 1. The van der Waals surface area contributed by atoms with Crippen molar-refractivity contribution in [2.24, 2.45) is 10.6 Å². The van der Waals surface area contributed by atoms with Crippen molar-refractivity contribution in [1.82, 2.24) is 10.2 Å². The van der Waals surface area contributed by atoms with Crippen molar-refractivity contribution in [1.29, 1.82) is 5.26 Å². The predicted molar refractivity (Wildman–Crippen MR) is 99.2 cm³/mol. The van der Waals surface area contributed by atoms with Gasteiger partial charge in [0.1, 0.15) is 5.71 Å². The van der Waals surface area contributed by atoms with Crippen LogP contribution in [0.25, 0.3) is 0 Å². The number of alkyl halides is 2. The lowest BCUT2D eigenvalue weighted by atomic mass is 9.93. The van der Waals surface area contributed by atoms with Crippen LogP contribution in [-0.4, -0.2) is 59.0 Å². The molecule has 7 nitrogen and oxygen atoms in total. The molecule has 0 aromatic heterocycles. The van der Waals surface area contributed by atoms with E-state index >= 15 is 0 Å². The minimum Gasteiger partial charge on any atom is -0.387 e. The highest BCUT2D eigenvalue weighted by molar-refractivity contribution is 6.39. The molecule has 2 saturated carbocycles. The summed E-state index contributed by atoms with van der Waals surface area (Å²) in [5.41, 5.74) is -1.14. The van der Waals surface area contributed by atoms with Gasteiger partial charge in [0.15, 0.2) is 11.4 Å². The first kappa shape index (κ1) is 20.2. The van der Waals surface area contributed by atoms with Crippen LogP contribution in [0.15, 0.2) is 5.16 Å². The summed E-state index contributed by atoms with van der Waals surface area (Å²) in [6.07, 6.45) is 3.70. The maximum absolute atomic E-state index is 13.6. The summed E-state index contributed by atoms with van der Waals surface area (Å²) in [4.78, 5) is 33.2. The number of nitrogens with zero attached hydrogens (tertiary/aromatic N) is 3. The van der Waals surface area contributed by atoms with Crippen molar-refractivity contribution in [2.75, 3.05) is 13.1 Å². The average molecular weight is 408 g/mol. The molecule has 2 atom stereocenters. The molecular weight excluding hydrogens is 382 g/mol. The maximum Gasteiger partial charge on any atom is 0.269 e. The van der Waals surface area contributed by atoms with Crippen molar-refractivity contribution in [3.8, 4) is 6.07 Å². The zero-order valence-electron chi connectivity index (χ0n) is 16.5. The van der Waals surface area contributed by atoms with Crippen LogP contribution in [0.1, 0.15) is 58.3 Å². The quantitative estimate of drug-likeness (QED) is 0.664. The zero-order chi connectivity index (χ0) is 20.9. The summed E-state index contributed by atoms with van der Waals surface area (Å²) in [5, 5.41) is 15.5. The van der Waals surface area contributed by atoms with Crippen LogP contribution >= 0.6 is 0 Å². The number of hydrogen-bond donors (Lipinski definition) is 1. The summed E-state index contributed by atoms with van der Waals surface area (Å²) in [6, 6.07) is 1.34. The molecule has 4 aliphatic rings. The van der Waals surface area contributed by atoms with E-state index in [0.29, 0.717) is 38.8 Å². The Morgan fingerprint density at radius 3 is 2.72 bits per heavy atom. The fourth-order valence-corrected chi connectivity index (χ4v) is 4.27. The number of oxime groups is 1. The first-order valence-corrected chi connectivity index (χ1v) is 10.2. The molecule has 1 unspecified atom stereocenters. The van der Waals surface area contributed by atoms with Gasteiger partial charge in [-0.15, -0.1) is 0 Å². The molecule has 29 heavy (non-hydrogen) atoms. The van der Waals surface area contributed by atoms with Crippen LogP contribution in [0.2, 0.25) is 0 Å². The number of likely N-dealkylation sites (tertiary alicyclic amines) is 1. The second-order valence-corrected chi connectivity index (χ2v) is 9.28. The third kappa shape index (κ3) is 4.58. The molecule has 2 aliphatic carbocycles. The van der Waals surface area contributed by atoms with E-state index in [2.05, 4.69) is 21.4 Å². The van der Waals surface area contributed by atoms with Gasteiger partial charge in [0.25, 0.3) is 5.91 Å². The molecule has 0 radical (unpaired) electrons. The number of rotatable bonds is 8. The minimum absolute atomic E-state index is 0.117. The van der Waals surface area contributed by atoms with Crippen LogP contribution in [0.4, 0.5) is 8.78 Å². The van der Waals surface area contributed by atoms with E-state index in [0.717, 1.165) is 13.0 Å². The largest absolute Gasteiger partial charge is 0.387 e. The number of hydrogen-bond acceptors (Lipinski definition) is 6. The zero-order valence-corrected chi connectivity index (χ0v) is 16.5. The van der Waals surface area contributed by atoms with E-state index in [-0.39, 0.29) is 12.1 Å². The summed E-state index contributed by atoms with van der Waals surface area (Å²) < 4.78 is 27.3. The fraction of sp³-hybridized carbons (Fsp3) is 0.800. The molecule has 1 N–H and O–H groups in total. The van der Waals surface area contributed by atoms with E-state index in [1.54, 1.807) is 0 Å². The summed E-state index contributed by atoms with van der Waals surface area (Å²) in [5.74, 6) is -4.30. The maximum atomic E-state index is 13.6. The van der Waals surface area contributed by atoms with Gasteiger partial charge in [-0.1, -0.05) is 5.16 Å². The highest BCUT2D eigenvalue weighted by Gasteiger charge is 2.50. The van der Waals surface area contributed by atoms with Gasteiger partial charge in [-0.3, -0.25) is 14.5 Å². The van der Waals surface area contributed by atoms with Crippen molar-refractivity contribution < 1.29 is 23.2 Å². The summed E-state index contributed by atoms with van der Waals surface area (Å²) >= 11 is 0. The Labute approximate surface area is 168 Å². The molecule has 1 spiro atoms. The van der Waals surface area contributed by atoms with E-state index in [1.165, 1.54) is 12.8 Å². The van der Waals surface area contributed by atoms with Crippen LogP contribution in [0.3, 0.4) is 0 Å².